The molecule has 98 valence electrons. The fraction of sp³-hybridized carbons (Fsp3) is 0.917. The highest BCUT2D eigenvalue weighted by Gasteiger charge is 2.26. The van der Waals surface area contributed by atoms with Crippen LogP contribution in [-0.4, -0.2) is 43.2 Å². The van der Waals surface area contributed by atoms with Crippen LogP contribution in [0.5, 0.6) is 0 Å². The molecule has 1 heterocycles. The summed E-state index contributed by atoms with van der Waals surface area (Å²) >= 11 is 3.69. The molecule has 2 rings (SSSR count). The Morgan fingerprint density at radius 2 is 2.12 bits per heavy atom. The maximum Gasteiger partial charge on any atom is 0.251 e. The second-order valence-electron chi connectivity index (χ2n) is 4.74. The van der Waals surface area contributed by atoms with Crippen LogP contribution < -0.4 is 5.32 Å². The number of halogens is 1. The van der Waals surface area contributed by atoms with E-state index in [1.54, 1.807) is 0 Å². The van der Waals surface area contributed by atoms with Crippen molar-refractivity contribution in [1.82, 2.24) is 5.32 Å². The van der Waals surface area contributed by atoms with Crippen molar-refractivity contribution in [1.29, 1.82) is 0 Å². The number of alkyl halides is 1. The highest BCUT2D eigenvalue weighted by atomic mass is 79.9. The van der Waals surface area contributed by atoms with Crippen molar-refractivity contribution in [2.75, 3.05) is 26.4 Å². The minimum absolute atomic E-state index is 0.0324. The number of hydrogen-bond acceptors (Lipinski definition) is 3. The maximum atomic E-state index is 11.8. The fourth-order valence-electron chi connectivity index (χ4n) is 2.38. The highest BCUT2D eigenvalue weighted by Crippen LogP contribution is 2.29. The zero-order chi connectivity index (χ0) is 12.1. The third kappa shape index (κ3) is 3.93. The van der Waals surface area contributed by atoms with Crippen LogP contribution >= 0.6 is 15.9 Å². The monoisotopic (exact) mass is 305 g/mol. The van der Waals surface area contributed by atoms with Gasteiger partial charge in [-0.05, 0) is 18.8 Å². The van der Waals surface area contributed by atoms with Gasteiger partial charge in [0.2, 0.25) is 0 Å². The molecule has 17 heavy (non-hydrogen) atoms. The van der Waals surface area contributed by atoms with E-state index in [2.05, 4.69) is 21.2 Å². The first kappa shape index (κ1) is 13.3. The third-order valence-corrected chi connectivity index (χ3v) is 4.67. The molecule has 1 saturated heterocycles. The summed E-state index contributed by atoms with van der Waals surface area (Å²) in [6.45, 7) is 2.24. The van der Waals surface area contributed by atoms with Gasteiger partial charge in [0.15, 0.2) is 6.10 Å². The molecular formula is C12H20BrNO3. The summed E-state index contributed by atoms with van der Waals surface area (Å²) < 4.78 is 10.6. The van der Waals surface area contributed by atoms with Crippen molar-refractivity contribution in [3.63, 3.8) is 0 Å². The van der Waals surface area contributed by atoms with E-state index < -0.39 is 6.10 Å². The molecule has 2 aliphatic rings. The first-order chi connectivity index (χ1) is 8.27. The lowest BCUT2D eigenvalue weighted by atomic mass is 9.89. The van der Waals surface area contributed by atoms with E-state index in [0.717, 1.165) is 6.54 Å². The predicted octanol–water partition coefficient (Wildman–Crippen LogP) is 1.47. The Bertz CT molecular complexity index is 256. The Balaban J connectivity index is 1.71. The second-order valence-corrected chi connectivity index (χ2v) is 5.92. The summed E-state index contributed by atoms with van der Waals surface area (Å²) in [7, 11) is 0. The van der Waals surface area contributed by atoms with Crippen molar-refractivity contribution in [2.45, 2.75) is 36.6 Å². The van der Waals surface area contributed by atoms with E-state index in [1.807, 2.05) is 0 Å². The first-order valence-electron chi connectivity index (χ1n) is 6.38. The van der Waals surface area contributed by atoms with Gasteiger partial charge in [-0.3, -0.25) is 4.79 Å². The molecule has 1 amide bonds. The number of amides is 1. The summed E-state index contributed by atoms with van der Waals surface area (Å²) in [5, 5.41) is 2.98. The molecule has 0 radical (unpaired) electrons. The SMILES string of the molecule is O=C(NCC1CCCCC1Br)C1COCCO1. The van der Waals surface area contributed by atoms with Gasteiger partial charge in [-0.15, -0.1) is 0 Å². The highest BCUT2D eigenvalue weighted by molar-refractivity contribution is 9.09. The number of carbonyl (C=O) groups is 1. The maximum absolute atomic E-state index is 11.8. The van der Waals surface area contributed by atoms with E-state index in [1.165, 1.54) is 25.7 Å². The number of rotatable bonds is 3. The fourth-order valence-corrected chi connectivity index (χ4v) is 3.15. The van der Waals surface area contributed by atoms with Gasteiger partial charge >= 0.3 is 0 Å². The van der Waals surface area contributed by atoms with Crippen molar-refractivity contribution in [3.05, 3.63) is 0 Å². The first-order valence-corrected chi connectivity index (χ1v) is 7.30. The lowest BCUT2D eigenvalue weighted by Crippen LogP contribution is -2.45. The number of carbonyl (C=O) groups excluding carboxylic acids is 1. The average molecular weight is 306 g/mol. The standard InChI is InChI=1S/C12H20BrNO3/c13-10-4-2-1-3-9(10)7-14-12(15)11-8-16-5-6-17-11/h9-11H,1-8H2,(H,14,15). The summed E-state index contributed by atoms with van der Waals surface area (Å²) in [5.41, 5.74) is 0. The van der Waals surface area contributed by atoms with Crippen LogP contribution in [0.25, 0.3) is 0 Å². The molecule has 4 nitrogen and oxygen atoms in total. The third-order valence-electron chi connectivity index (χ3n) is 3.46. The number of hydrogen-bond donors (Lipinski definition) is 1. The van der Waals surface area contributed by atoms with Crippen LogP contribution in [-0.2, 0) is 14.3 Å². The Kier molecular flexibility index (Phi) is 5.25. The summed E-state index contributed by atoms with van der Waals surface area (Å²) in [6.07, 6.45) is 4.55. The zero-order valence-electron chi connectivity index (χ0n) is 9.99. The van der Waals surface area contributed by atoms with Crippen molar-refractivity contribution >= 4 is 21.8 Å². The Morgan fingerprint density at radius 1 is 1.29 bits per heavy atom. The van der Waals surface area contributed by atoms with Crippen LogP contribution in [0.3, 0.4) is 0 Å². The van der Waals surface area contributed by atoms with Gasteiger partial charge in [0.1, 0.15) is 0 Å². The molecule has 2 fully saturated rings. The lowest BCUT2D eigenvalue weighted by molar-refractivity contribution is -0.147. The van der Waals surface area contributed by atoms with E-state index in [4.69, 9.17) is 9.47 Å². The van der Waals surface area contributed by atoms with Crippen LogP contribution in [0.2, 0.25) is 0 Å². The molecule has 0 bridgehead atoms. The van der Waals surface area contributed by atoms with Crippen molar-refractivity contribution in [2.24, 2.45) is 5.92 Å². The predicted molar refractivity (Wildman–Crippen MR) is 68.2 cm³/mol. The van der Waals surface area contributed by atoms with Gasteiger partial charge in [-0.1, -0.05) is 28.8 Å². The summed E-state index contributed by atoms with van der Waals surface area (Å²) in [4.78, 5) is 12.4. The van der Waals surface area contributed by atoms with Crippen LogP contribution in [0.1, 0.15) is 25.7 Å². The quantitative estimate of drug-likeness (QED) is 0.803. The minimum Gasteiger partial charge on any atom is -0.376 e. The molecule has 1 aliphatic heterocycles. The van der Waals surface area contributed by atoms with Crippen molar-refractivity contribution in [3.8, 4) is 0 Å². The molecule has 3 atom stereocenters. The number of nitrogens with one attached hydrogen (secondary N) is 1. The summed E-state index contributed by atoms with van der Waals surface area (Å²) in [6, 6.07) is 0. The van der Waals surface area contributed by atoms with Gasteiger partial charge < -0.3 is 14.8 Å². The topological polar surface area (TPSA) is 47.6 Å². The molecular weight excluding hydrogens is 286 g/mol. The van der Waals surface area contributed by atoms with Gasteiger partial charge in [-0.2, -0.15) is 0 Å². The van der Waals surface area contributed by atoms with Crippen LogP contribution in [0.4, 0.5) is 0 Å². The average Bonchev–Trinajstić information content (AvgIpc) is 2.38. The molecule has 0 aromatic carbocycles. The molecule has 5 heteroatoms. The normalized spacial score (nSPS) is 34.3. The Labute approximate surface area is 111 Å². The van der Waals surface area contributed by atoms with Crippen LogP contribution in [0, 0.1) is 5.92 Å². The zero-order valence-corrected chi connectivity index (χ0v) is 11.6. The minimum atomic E-state index is -0.416. The molecule has 0 aromatic heterocycles. The van der Waals surface area contributed by atoms with E-state index in [0.29, 0.717) is 30.6 Å². The largest absolute Gasteiger partial charge is 0.376 e. The van der Waals surface area contributed by atoms with Gasteiger partial charge in [-0.25, -0.2) is 0 Å². The van der Waals surface area contributed by atoms with Crippen LogP contribution in [0.15, 0.2) is 0 Å². The number of ether oxygens (including phenoxy) is 2. The van der Waals surface area contributed by atoms with E-state index in [9.17, 15) is 4.79 Å². The second kappa shape index (κ2) is 6.71. The Hall–Kier alpha value is -0.130. The van der Waals surface area contributed by atoms with Gasteiger partial charge in [0.25, 0.3) is 5.91 Å². The van der Waals surface area contributed by atoms with E-state index >= 15 is 0 Å². The Morgan fingerprint density at radius 3 is 2.82 bits per heavy atom. The summed E-state index contributed by atoms with van der Waals surface area (Å²) in [5.74, 6) is 0.521. The molecule has 0 spiro atoms. The lowest BCUT2D eigenvalue weighted by Gasteiger charge is -2.28. The molecule has 0 aromatic rings. The van der Waals surface area contributed by atoms with E-state index in [-0.39, 0.29) is 5.91 Å². The molecule has 1 N–H and O–H groups in total. The molecule has 3 unspecified atom stereocenters. The molecule has 1 aliphatic carbocycles. The van der Waals surface area contributed by atoms with Gasteiger partial charge in [0.05, 0.1) is 19.8 Å². The van der Waals surface area contributed by atoms with Crippen molar-refractivity contribution < 1.29 is 14.3 Å². The van der Waals surface area contributed by atoms with Gasteiger partial charge in [0, 0.05) is 11.4 Å². The smallest absolute Gasteiger partial charge is 0.251 e. The molecule has 1 saturated carbocycles.